The summed E-state index contributed by atoms with van der Waals surface area (Å²) in [5.74, 6) is -0.279. The lowest BCUT2D eigenvalue weighted by atomic mass is 10.2. The highest BCUT2D eigenvalue weighted by molar-refractivity contribution is 5.84. The number of hydrogen-bond donors (Lipinski definition) is 1. The van der Waals surface area contributed by atoms with Crippen LogP contribution in [-0.4, -0.2) is 54.5 Å². The second-order valence-corrected chi connectivity index (χ2v) is 5.83. The highest BCUT2D eigenvalue weighted by Crippen LogP contribution is 2.22. The van der Waals surface area contributed by atoms with Crippen molar-refractivity contribution in [3.8, 4) is 0 Å². The summed E-state index contributed by atoms with van der Waals surface area (Å²) in [5.41, 5.74) is 0. The third kappa shape index (κ3) is 3.02. The molecule has 0 spiro atoms. The lowest BCUT2D eigenvalue weighted by Gasteiger charge is -2.22. The normalized spacial score (nSPS) is 31.6. The molecule has 0 aliphatic carbocycles. The van der Waals surface area contributed by atoms with Gasteiger partial charge in [-0.25, -0.2) is 0 Å². The first kappa shape index (κ1) is 13.8. The maximum Gasteiger partial charge on any atom is 0.240 e. The van der Waals surface area contributed by atoms with E-state index in [0.717, 1.165) is 13.0 Å². The lowest BCUT2D eigenvalue weighted by molar-refractivity contribution is -0.138. The van der Waals surface area contributed by atoms with Gasteiger partial charge in [0.2, 0.25) is 5.91 Å². The van der Waals surface area contributed by atoms with E-state index in [4.69, 9.17) is 9.47 Å². The number of amides is 1. The van der Waals surface area contributed by atoms with E-state index in [-0.39, 0.29) is 24.1 Å². The van der Waals surface area contributed by atoms with E-state index in [1.54, 1.807) is 0 Å². The van der Waals surface area contributed by atoms with Crippen molar-refractivity contribution in [1.29, 1.82) is 0 Å². The molecule has 2 rings (SSSR count). The van der Waals surface area contributed by atoms with Crippen molar-refractivity contribution in [2.24, 2.45) is 0 Å². The van der Waals surface area contributed by atoms with E-state index in [1.807, 2.05) is 18.7 Å². The van der Waals surface area contributed by atoms with Crippen LogP contribution in [0.4, 0.5) is 0 Å². The highest BCUT2D eigenvalue weighted by Gasteiger charge is 2.36. The van der Waals surface area contributed by atoms with Crippen LogP contribution in [0.15, 0.2) is 0 Å². The molecular formula is C13H24N2O3. The fourth-order valence-corrected chi connectivity index (χ4v) is 2.54. The quantitative estimate of drug-likeness (QED) is 0.806. The Morgan fingerprint density at radius 3 is 2.72 bits per heavy atom. The number of likely N-dealkylation sites (tertiary alicyclic amines) is 1. The second-order valence-electron chi connectivity index (χ2n) is 5.83. The summed E-state index contributed by atoms with van der Waals surface area (Å²) in [7, 11) is 0. The third-order valence-corrected chi connectivity index (χ3v) is 3.52. The number of carbonyl (C=O) groups is 1. The van der Waals surface area contributed by atoms with E-state index < -0.39 is 5.79 Å². The van der Waals surface area contributed by atoms with Crippen molar-refractivity contribution in [3.63, 3.8) is 0 Å². The van der Waals surface area contributed by atoms with Crippen LogP contribution in [-0.2, 0) is 14.3 Å². The molecule has 5 heteroatoms. The van der Waals surface area contributed by atoms with Crippen molar-refractivity contribution in [2.75, 3.05) is 19.7 Å². The van der Waals surface area contributed by atoms with E-state index in [0.29, 0.717) is 13.2 Å². The highest BCUT2D eigenvalue weighted by atomic mass is 16.7. The van der Waals surface area contributed by atoms with Crippen molar-refractivity contribution in [3.05, 3.63) is 0 Å². The molecule has 0 aromatic heterocycles. The number of nitrogens with zero attached hydrogens (tertiary/aromatic N) is 1. The van der Waals surface area contributed by atoms with Crippen LogP contribution in [0.25, 0.3) is 0 Å². The number of ether oxygens (including phenoxy) is 2. The molecule has 2 fully saturated rings. The molecule has 0 radical (unpaired) electrons. The molecule has 0 bridgehead atoms. The standard InChI is InChI=1S/C13H24N2O3/c1-9(2)15-6-5-11(12(15)16)14-7-10-8-17-13(3,4)18-10/h9-11,14H,5-8H2,1-4H3/t10-,11?/m0/s1. The summed E-state index contributed by atoms with van der Waals surface area (Å²) in [6, 6.07) is 0.231. The Kier molecular flexibility index (Phi) is 3.94. The molecule has 18 heavy (non-hydrogen) atoms. The Morgan fingerprint density at radius 2 is 2.22 bits per heavy atom. The molecular weight excluding hydrogens is 232 g/mol. The molecule has 2 heterocycles. The molecule has 1 N–H and O–H groups in total. The second kappa shape index (κ2) is 5.15. The summed E-state index contributed by atoms with van der Waals surface area (Å²) < 4.78 is 11.2. The fraction of sp³-hybridized carbons (Fsp3) is 0.923. The number of rotatable bonds is 4. The van der Waals surface area contributed by atoms with Gasteiger partial charge in [0.15, 0.2) is 5.79 Å². The minimum atomic E-state index is -0.490. The zero-order chi connectivity index (χ0) is 13.3. The molecule has 2 aliphatic rings. The molecule has 2 aliphatic heterocycles. The number of nitrogens with one attached hydrogen (secondary N) is 1. The van der Waals surface area contributed by atoms with Crippen molar-refractivity contribution < 1.29 is 14.3 Å². The summed E-state index contributed by atoms with van der Waals surface area (Å²) in [6.45, 7) is 10.0. The van der Waals surface area contributed by atoms with Crippen LogP contribution in [0, 0.1) is 0 Å². The van der Waals surface area contributed by atoms with E-state index in [2.05, 4.69) is 19.2 Å². The Bertz CT molecular complexity index is 317. The van der Waals surface area contributed by atoms with Gasteiger partial charge in [-0.3, -0.25) is 4.79 Å². The first-order valence-electron chi connectivity index (χ1n) is 6.75. The molecule has 0 aromatic carbocycles. The van der Waals surface area contributed by atoms with Crippen LogP contribution in [0.5, 0.6) is 0 Å². The zero-order valence-corrected chi connectivity index (χ0v) is 11.7. The van der Waals surface area contributed by atoms with E-state index >= 15 is 0 Å². The number of hydrogen-bond acceptors (Lipinski definition) is 4. The van der Waals surface area contributed by atoms with Crippen LogP contribution < -0.4 is 5.32 Å². The predicted octanol–water partition coefficient (Wildman–Crippen LogP) is 0.737. The van der Waals surface area contributed by atoms with E-state index in [1.165, 1.54) is 0 Å². The molecule has 104 valence electrons. The van der Waals surface area contributed by atoms with Crippen LogP contribution >= 0.6 is 0 Å². The number of carbonyl (C=O) groups excluding carboxylic acids is 1. The predicted molar refractivity (Wildman–Crippen MR) is 68.2 cm³/mol. The van der Waals surface area contributed by atoms with E-state index in [9.17, 15) is 4.79 Å². The van der Waals surface area contributed by atoms with Gasteiger partial charge in [0.05, 0.1) is 18.8 Å². The van der Waals surface area contributed by atoms with Gasteiger partial charge in [0.1, 0.15) is 0 Å². The summed E-state index contributed by atoms with van der Waals surface area (Å²) in [5, 5.41) is 3.30. The third-order valence-electron chi connectivity index (χ3n) is 3.52. The molecule has 0 saturated carbocycles. The van der Waals surface area contributed by atoms with Gasteiger partial charge in [-0.15, -0.1) is 0 Å². The summed E-state index contributed by atoms with van der Waals surface area (Å²) >= 11 is 0. The van der Waals surface area contributed by atoms with Crippen molar-refractivity contribution in [2.45, 2.75) is 58.1 Å². The van der Waals surface area contributed by atoms with Gasteiger partial charge in [-0.2, -0.15) is 0 Å². The minimum absolute atomic E-state index is 0.0425. The first-order chi connectivity index (χ1) is 8.39. The van der Waals surface area contributed by atoms with Crippen molar-refractivity contribution in [1.82, 2.24) is 10.2 Å². The molecule has 0 aromatic rings. The molecule has 1 amide bonds. The molecule has 5 nitrogen and oxygen atoms in total. The Hall–Kier alpha value is -0.650. The van der Waals surface area contributed by atoms with Crippen LogP contribution in [0.3, 0.4) is 0 Å². The smallest absolute Gasteiger partial charge is 0.240 e. The Morgan fingerprint density at radius 1 is 1.50 bits per heavy atom. The minimum Gasteiger partial charge on any atom is -0.348 e. The van der Waals surface area contributed by atoms with Gasteiger partial charge in [0.25, 0.3) is 0 Å². The largest absolute Gasteiger partial charge is 0.348 e. The maximum atomic E-state index is 12.1. The Labute approximate surface area is 109 Å². The monoisotopic (exact) mass is 256 g/mol. The average molecular weight is 256 g/mol. The lowest BCUT2D eigenvalue weighted by Crippen LogP contribution is -2.43. The van der Waals surface area contributed by atoms with Gasteiger partial charge >= 0.3 is 0 Å². The maximum absolute atomic E-state index is 12.1. The van der Waals surface area contributed by atoms with Gasteiger partial charge in [-0.1, -0.05) is 0 Å². The summed E-state index contributed by atoms with van der Waals surface area (Å²) in [6.07, 6.45) is 0.925. The van der Waals surface area contributed by atoms with Crippen LogP contribution in [0.2, 0.25) is 0 Å². The fourth-order valence-electron chi connectivity index (χ4n) is 2.54. The zero-order valence-electron chi connectivity index (χ0n) is 11.7. The Balaban J connectivity index is 1.77. The topological polar surface area (TPSA) is 50.8 Å². The average Bonchev–Trinajstić information content (AvgIpc) is 2.79. The van der Waals surface area contributed by atoms with Gasteiger partial charge < -0.3 is 19.7 Å². The molecule has 1 unspecified atom stereocenters. The van der Waals surface area contributed by atoms with Gasteiger partial charge in [-0.05, 0) is 34.1 Å². The summed E-state index contributed by atoms with van der Waals surface area (Å²) in [4.78, 5) is 14.0. The molecule has 2 saturated heterocycles. The SMILES string of the molecule is CC(C)N1CCC(NC[C@H]2COC(C)(C)O2)C1=O. The van der Waals surface area contributed by atoms with Crippen LogP contribution in [0.1, 0.15) is 34.1 Å². The van der Waals surface area contributed by atoms with Crippen molar-refractivity contribution >= 4 is 5.91 Å². The molecule has 2 atom stereocenters. The first-order valence-corrected chi connectivity index (χ1v) is 6.75. The van der Waals surface area contributed by atoms with Gasteiger partial charge in [0, 0.05) is 19.1 Å².